The van der Waals surface area contributed by atoms with E-state index in [4.69, 9.17) is 0 Å². The molecule has 0 radical (unpaired) electrons. The van der Waals surface area contributed by atoms with E-state index in [1.54, 1.807) is 0 Å². The van der Waals surface area contributed by atoms with Crippen molar-refractivity contribution in [1.29, 1.82) is 5.26 Å². The summed E-state index contributed by atoms with van der Waals surface area (Å²) in [6, 6.07) is 23.8. The fourth-order valence-electron chi connectivity index (χ4n) is 5.41. The van der Waals surface area contributed by atoms with Gasteiger partial charge in [0.05, 0.1) is 18.0 Å². The maximum absolute atomic E-state index is 12.7. The molecule has 1 saturated carbocycles. The number of carbonyl (C=O) groups excluding carboxylic acids is 1. The van der Waals surface area contributed by atoms with Crippen LogP contribution in [0.1, 0.15) is 47.5 Å². The van der Waals surface area contributed by atoms with Crippen molar-refractivity contribution in [2.24, 2.45) is 0 Å². The average Bonchev–Trinajstić information content (AvgIpc) is 3.56. The Balaban J connectivity index is 1.13. The molecule has 0 spiro atoms. The number of nitrogens with one attached hydrogen (secondary N) is 1. The van der Waals surface area contributed by atoms with Crippen LogP contribution in [0.25, 0.3) is 0 Å². The van der Waals surface area contributed by atoms with Crippen LogP contribution < -0.4 is 5.32 Å². The van der Waals surface area contributed by atoms with Gasteiger partial charge in [-0.1, -0.05) is 48.5 Å². The van der Waals surface area contributed by atoms with Gasteiger partial charge in [-0.15, -0.1) is 0 Å². The molecule has 5 heteroatoms. The summed E-state index contributed by atoms with van der Waals surface area (Å²) in [7, 11) is 0. The fourth-order valence-corrected chi connectivity index (χ4v) is 5.41. The molecule has 160 valence electrons. The highest BCUT2D eigenvalue weighted by Crippen LogP contribution is 2.42. The molecule has 0 aromatic heterocycles. The number of amides is 1. The van der Waals surface area contributed by atoms with E-state index < -0.39 is 0 Å². The predicted octanol–water partition coefficient (Wildman–Crippen LogP) is 3.40. The van der Waals surface area contributed by atoms with Gasteiger partial charge >= 0.3 is 0 Å². The van der Waals surface area contributed by atoms with Crippen LogP contribution in [0, 0.1) is 11.3 Å². The van der Waals surface area contributed by atoms with E-state index in [1.807, 2.05) is 35.2 Å². The Kier molecular flexibility index (Phi) is 5.52. The lowest BCUT2D eigenvalue weighted by molar-refractivity contribution is -0.0497. The van der Waals surface area contributed by atoms with E-state index in [9.17, 15) is 10.1 Å². The van der Waals surface area contributed by atoms with Crippen molar-refractivity contribution in [2.45, 2.75) is 49.2 Å². The van der Waals surface area contributed by atoms with E-state index in [2.05, 4.69) is 46.6 Å². The highest BCUT2D eigenvalue weighted by molar-refractivity contribution is 5.95. The first-order valence-corrected chi connectivity index (χ1v) is 11.5. The van der Waals surface area contributed by atoms with Gasteiger partial charge in [-0.3, -0.25) is 9.69 Å². The van der Waals surface area contributed by atoms with Crippen molar-refractivity contribution in [3.8, 4) is 6.07 Å². The molecule has 2 heterocycles. The number of nitriles is 1. The fraction of sp³-hybridized carbons (Fsp3) is 0.462. The molecule has 31 heavy (non-hydrogen) atoms. The van der Waals surface area contributed by atoms with Crippen LogP contribution in [-0.4, -0.2) is 59.5 Å². The highest BCUT2D eigenvalue weighted by Gasteiger charge is 2.50. The minimum absolute atomic E-state index is 0.0754. The third kappa shape index (κ3) is 4.11. The Morgan fingerprint density at radius 3 is 2.32 bits per heavy atom. The lowest BCUT2D eigenvalue weighted by atomic mass is 9.82. The topological polar surface area (TPSA) is 59.4 Å². The third-order valence-corrected chi connectivity index (χ3v) is 7.32. The van der Waals surface area contributed by atoms with Gasteiger partial charge < -0.3 is 10.2 Å². The molecule has 3 aliphatic rings. The molecule has 3 fully saturated rings. The Bertz CT molecular complexity index is 940. The zero-order valence-corrected chi connectivity index (χ0v) is 17.9. The largest absolute Gasteiger partial charge is 0.335 e. The summed E-state index contributed by atoms with van der Waals surface area (Å²) in [5, 5.41) is 13.3. The number of benzene rings is 2. The van der Waals surface area contributed by atoms with Gasteiger partial charge in [-0.2, -0.15) is 5.26 Å². The number of rotatable bonds is 6. The summed E-state index contributed by atoms with van der Waals surface area (Å²) in [4.78, 5) is 17.1. The molecule has 2 aromatic carbocycles. The van der Waals surface area contributed by atoms with Crippen LogP contribution in [0.3, 0.4) is 0 Å². The van der Waals surface area contributed by atoms with Crippen molar-refractivity contribution < 1.29 is 4.79 Å². The standard InChI is InChI=1S/C26H30N4O/c27-14-13-26(18-29(19-26)25(31)21-9-5-2-6-10-21)30-15-11-22(12-16-30)28-24-17-23(24)20-7-3-1-4-8-20/h1-10,22-24,28H,11-13,15-19H2/t23-,24+/m0/s1. The summed E-state index contributed by atoms with van der Waals surface area (Å²) in [6.07, 6.45) is 3.94. The smallest absolute Gasteiger partial charge is 0.253 e. The molecule has 1 aliphatic carbocycles. The molecule has 2 aliphatic heterocycles. The van der Waals surface area contributed by atoms with Crippen molar-refractivity contribution in [3.63, 3.8) is 0 Å². The molecule has 2 atom stereocenters. The van der Waals surface area contributed by atoms with Crippen LogP contribution in [0.4, 0.5) is 0 Å². The molecule has 1 amide bonds. The second-order valence-electron chi connectivity index (χ2n) is 9.37. The number of hydrogen-bond acceptors (Lipinski definition) is 4. The van der Waals surface area contributed by atoms with Crippen LogP contribution in [-0.2, 0) is 0 Å². The molecular formula is C26H30N4O. The van der Waals surface area contributed by atoms with Gasteiger partial charge in [0, 0.05) is 49.7 Å². The monoisotopic (exact) mass is 414 g/mol. The molecular weight excluding hydrogens is 384 g/mol. The minimum Gasteiger partial charge on any atom is -0.335 e. The van der Waals surface area contributed by atoms with Gasteiger partial charge in [0.2, 0.25) is 0 Å². The van der Waals surface area contributed by atoms with E-state index in [-0.39, 0.29) is 11.4 Å². The number of likely N-dealkylation sites (tertiary alicyclic amines) is 2. The van der Waals surface area contributed by atoms with E-state index >= 15 is 0 Å². The third-order valence-electron chi connectivity index (χ3n) is 7.32. The Labute approximate surface area is 184 Å². The van der Waals surface area contributed by atoms with E-state index in [0.717, 1.165) is 31.5 Å². The van der Waals surface area contributed by atoms with Crippen molar-refractivity contribution >= 4 is 5.91 Å². The normalized spacial score (nSPS) is 25.5. The molecule has 5 nitrogen and oxygen atoms in total. The Morgan fingerprint density at radius 2 is 1.68 bits per heavy atom. The maximum Gasteiger partial charge on any atom is 0.253 e. The minimum atomic E-state index is -0.170. The average molecular weight is 415 g/mol. The highest BCUT2D eigenvalue weighted by atomic mass is 16.2. The van der Waals surface area contributed by atoms with Crippen LogP contribution in [0.5, 0.6) is 0 Å². The lowest BCUT2D eigenvalue weighted by Crippen LogP contribution is -2.72. The SMILES string of the molecule is N#CCC1(N2CCC(N[C@@H]3C[C@H]3c3ccccc3)CC2)CN(C(=O)c2ccccc2)C1. The summed E-state index contributed by atoms with van der Waals surface area (Å²) in [5.41, 5.74) is 2.01. The van der Waals surface area contributed by atoms with Crippen LogP contribution in [0.2, 0.25) is 0 Å². The summed E-state index contributed by atoms with van der Waals surface area (Å²) in [5.74, 6) is 0.736. The van der Waals surface area contributed by atoms with Crippen LogP contribution in [0.15, 0.2) is 60.7 Å². The van der Waals surface area contributed by atoms with Crippen LogP contribution >= 0.6 is 0 Å². The zero-order valence-electron chi connectivity index (χ0n) is 17.9. The summed E-state index contributed by atoms with van der Waals surface area (Å²) >= 11 is 0. The van der Waals surface area contributed by atoms with Crippen molar-refractivity contribution in [2.75, 3.05) is 26.2 Å². The number of nitrogens with zero attached hydrogens (tertiary/aromatic N) is 3. The molecule has 2 aromatic rings. The number of carbonyl (C=O) groups is 1. The Hall–Kier alpha value is -2.68. The molecule has 0 unspecified atom stereocenters. The first-order valence-electron chi connectivity index (χ1n) is 11.5. The second kappa shape index (κ2) is 8.45. The van der Waals surface area contributed by atoms with Gasteiger partial charge in [-0.25, -0.2) is 0 Å². The van der Waals surface area contributed by atoms with Gasteiger partial charge in [0.25, 0.3) is 5.91 Å². The second-order valence-corrected chi connectivity index (χ2v) is 9.37. The molecule has 2 saturated heterocycles. The lowest BCUT2D eigenvalue weighted by Gasteiger charge is -2.56. The van der Waals surface area contributed by atoms with Crippen molar-refractivity contribution in [3.05, 3.63) is 71.8 Å². The number of hydrogen-bond donors (Lipinski definition) is 1. The van der Waals surface area contributed by atoms with Crippen molar-refractivity contribution in [1.82, 2.24) is 15.1 Å². The van der Waals surface area contributed by atoms with E-state index in [1.165, 1.54) is 12.0 Å². The predicted molar refractivity (Wildman–Crippen MR) is 121 cm³/mol. The Morgan fingerprint density at radius 1 is 1.03 bits per heavy atom. The quantitative estimate of drug-likeness (QED) is 0.787. The number of piperidine rings is 1. The first-order chi connectivity index (χ1) is 15.2. The van der Waals surface area contributed by atoms with E-state index in [0.29, 0.717) is 37.5 Å². The summed E-state index contributed by atoms with van der Waals surface area (Å²) < 4.78 is 0. The summed E-state index contributed by atoms with van der Waals surface area (Å²) in [6.45, 7) is 3.31. The van der Waals surface area contributed by atoms with Gasteiger partial charge in [0.1, 0.15) is 0 Å². The first kappa shape index (κ1) is 20.2. The zero-order chi connectivity index (χ0) is 21.3. The van der Waals surface area contributed by atoms with Gasteiger partial charge in [-0.05, 0) is 37.0 Å². The molecule has 5 rings (SSSR count). The maximum atomic E-state index is 12.7. The molecule has 1 N–H and O–H groups in total. The molecule has 0 bridgehead atoms. The van der Waals surface area contributed by atoms with Gasteiger partial charge in [0.15, 0.2) is 0 Å².